The van der Waals surface area contributed by atoms with Crippen molar-refractivity contribution in [3.8, 4) is 0 Å². The molecule has 0 unspecified atom stereocenters. The van der Waals surface area contributed by atoms with Gasteiger partial charge in [-0.05, 0) is 12.0 Å². The van der Waals surface area contributed by atoms with Crippen LogP contribution in [0.2, 0.25) is 0 Å². The first-order chi connectivity index (χ1) is 7.35. The summed E-state index contributed by atoms with van der Waals surface area (Å²) in [4.78, 5) is 2.73. The van der Waals surface area contributed by atoms with E-state index in [1.807, 2.05) is 21.5 Å². The maximum absolute atomic E-state index is 8.18. The molecular formula is C9H12N6. The van der Waals surface area contributed by atoms with Crippen LogP contribution in [0.4, 0.5) is 0 Å². The molecule has 15 heavy (non-hydrogen) atoms. The molecule has 0 aliphatic rings. The number of imidazole rings is 1. The van der Waals surface area contributed by atoms with E-state index in [1.54, 1.807) is 0 Å². The molecule has 0 aliphatic carbocycles. The molecule has 2 aromatic heterocycles. The minimum atomic E-state index is 0.466. The van der Waals surface area contributed by atoms with Crippen molar-refractivity contribution in [2.24, 2.45) is 5.11 Å². The summed E-state index contributed by atoms with van der Waals surface area (Å²) in [6.45, 7) is 3.23. The molecule has 0 aromatic carbocycles. The first-order valence-electron chi connectivity index (χ1n) is 4.89. The second-order valence-corrected chi connectivity index (χ2v) is 3.24. The zero-order chi connectivity index (χ0) is 10.7. The van der Waals surface area contributed by atoms with E-state index in [-0.39, 0.29) is 0 Å². The van der Waals surface area contributed by atoms with Crippen molar-refractivity contribution in [2.75, 3.05) is 6.54 Å². The Bertz CT molecular complexity index is 502. The molecule has 0 N–H and O–H groups in total. The number of nitrogens with zero attached hydrogens (tertiary/aromatic N) is 6. The van der Waals surface area contributed by atoms with E-state index in [9.17, 15) is 0 Å². The molecule has 0 bridgehead atoms. The van der Waals surface area contributed by atoms with E-state index in [2.05, 4.69) is 28.1 Å². The maximum atomic E-state index is 8.18. The Balaban J connectivity index is 2.26. The number of azide groups is 1. The van der Waals surface area contributed by atoms with Crippen LogP contribution in [0.15, 0.2) is 23.6 Å². The summed E-state index contributed by atoms with van der Waals surface area (Å²) in [6.07, 6.45) is 4.78. The van der Waals surface area contributed by atoms with Gasteiger partial charge in [0.1, 0.15) is 5.65 Å². The predicted molar refractivity (Wildman–Crippen MR) is 56.6 cm³/mol. The van der Waals surface area contributed by atoms with Gasteiger partial charge in [-0.25, -0.2) is 4.52 Å². The Kier molecular flexibility index (Phi) is 2.60. The predicted octanol–water partition coefficient (Wildman–Crippen LogP) is 2.01. The lowest BCUT2D eigenvalue weighted by Gasteiger charge is -1.97. The van der Waals surface area contributed by atoms with Gasteiger partial charge in [-0.1, -0.05) is 12.0 Å². The highest BCUT2D eigenvalue weighted by atomic mass is 15.3. The quantitative estimate of drug-likeness (QED) is 0.426. The fraction of sp³-hybridized carbons (Fsp3) is 0.444. The third-order valence-electron chi connectivity index (χ3n) is 2.32. The number of fused-ring (bicyclic) bond motifs is 1. The van der Waals surface area contributed by atoms with Gasteiger partial charge in [0, 0.05) is 36.5 Å². The van der Waals surface area contributed by atoms with Gasteiger partial charge in [0.05, 0.1) is 5.69 Å². The van der Waals surface area contributed by atoms with Crippen molar-refractivity contribution in [1.82, 2.24) is 14.2 Å². The average molecular weight is 204 g/mol. The summed E-state index contributed by atoms with van der Waals surface area (Å²) in [6, 6.07) is 2.05. The molecule has 0 fully saturated rings. The van der Waals surface area contributed by atoms with Crippen molar-refractivity contribution in [3.05, 3.63) is 34.6 Å². The van der Waals surface area contributed by atoms with Crippen LogP contribution in [0, 0.1) is 0 Å². The molecule has 0 aliphatic heterocycles. The van der Waals surface area contributed by atoms with Crippen LogP contribution in [-0.2, 0) is 13.0 Å². The Hall–Kier alpha value is -1.94. The lowest BCUT2D eigenvalue weighted by atomic mass is 10.3. The van der Waals surface area contributed by atoms with Gasteiger partial charge >= 0.3 is 0 Å². The smallest absolute Gasteiger partial charge is 0.135 e. The van der Waals surface area contributed by atoms with Crippen LogP contribution in [0.5, 0.6) is 0 Å². The summed E-state index contributed by atoms with van der Waals surface area (Å²) >= 11 is 0. The lowest BCUT2D eigenvalue weighted by molar-refractivity contribution is 0.727. The van der Waals surface area contributed by atoms with Gasteiger partial charge in [0.2, 0.25) is 0 Å². The zero-order valence-corrected chi connectivity index (χ0v) is 8.54. The Labute approximate surface area is 86.8 Å². The molecule has 0 radical (unpaired) electrons. The molecule has 0 atom stereocenters. The number of aromatic nitrogens is 3. The second-order valence-electron chi connectivity index (χ2n) is 3.24. The van der Waals surface area contributed by atoms with Crippen LogP contribution in [0.1, 0.15) is 12.6 Å². The second kappa shape index (κ2) is 4.06. The molecule has 0 saturated heterocycles. The largest absolute Gasteiger partial charge is 0.331 e. The van der Waals surface area contributed by atoms with Crippen LogP contribution in [-0.4, -0.2) is 20.7 Å². The third kappa shape index (κ3) is 1.80. The van der Waals surface area contributed by atoms with E-state index >= 15 is 0 Å². The van der Waals surface area contributed by atoms with Gasteiger partial charge in [-0.15, -0.1) is 0 Å². The number of aryl methyl sites for hydroxylation is 1. The fourth-order valence-electron chi connectivity index (χ4n) is 1.54. The van der Waals surface area contributed by atoms with E-state index in [0.29, 0.717) is 13.1 Å². The van der Waals surface area contributed by atoms with Crippen LogP contribution < -0.4 is 0 Å². The minimum absolute atomic E-state index is 0.466. The highest BCUT2D eigenvalue weighted by Crippen LogP contribution is 2.08. The molecular weight excluding hydrogens is 192 g/mol. The number of hydrogen-bond donors (Lipinski definition) is 0. The topological polar surface area (TPSA) is 71.0 Å². The maximum Gasteiger partial charge on any atom is 0.135 e. The first-order valence-corrected chi connectivity index (χ1v) is 4.89. The van der Waals surface area contributed by atoms with Crippen molar-refractivity contribution in [2.45, 2.75) is 19.9 Å². The van der Waals surface area contributed by atoms with E-state index in [1.165, 1.54) is 0 Å². The standard InChI is InChI=1S/C9H12N6/c1-2-8-7-9-14(4-3-11-13-10)5-6-15(9)12-8/h5-7H,2-4H2,1H3. The summed E-state index contributed by atoms with van der Waals surface area (Å²) < 4.78 is 3.87. The lowest BCUT2D eigenvalue weighted by Crippen LogP contribution is -1.98. The Morgan fingerprint density at radius 1 is 1.53 bits per heavy atom. The van der Waals surface area contributed by atoms with Gasteiger partial charge < -0.3 is 4.57 Å². The van der Waals surface area contributed by atoms with Gasteiger partial charge in [0.25, 0.3) is 0 Å². The summed E-state index contributed by atoms with van der Waals surface area (Å²) in [5.74, 6) is 0. The van der Waals surface area contributed by atoms with Crippen LogP contribution >= 0.6 is 0 Å². The summed E-state index contributed by atoms with van der Waals surface area (Å²) in [7, 11) is 0. The minimum Gasteiger partial charge on any atom is -0.331 e. The Morgan fingerprint density at radius 3 is 3.13 bits per heavy atom. The number of hydrogen-bond acceptors (Lipinski definition) is 2. The SMILES string of the molecule is CCc1cc2n(CCN=[N+]=[N-])ccn2n1. The van der Waals surface area contributed by atoms with Gasteiger partial charge in [-0.3, -0.25) is 0 Å². The normalized spacial score (nSPS) is 10.5. The summed E-state index contributed by atoms with van der Waals surface area (Å²) in [5.41, 5.74) is 10.3. The average Bonchev–Trinajstić information content (AvgIpc) is 2.79. The highest BCUT2D eigenvalue weighted by molar-refractivity contribution is 5.41. The molecule has 2 aromatic rings. The van der Waals surface area contributed by atoms with Crippen LogP contribution in [0.25, 0.3) is 16.1 Å². The molecule has 0 amide bonds. The van der Waals surface area contributed by atoms with Gasteiger partial charge in [-0.2, -0.15) is 5.10 Å². The van der Waals surface area contributed by atoms with Crippen molar-refractivity contribution in [3.63, 3.8) is 0 Å². The molecule has 2 rings (SSSR count). The van der Waals surface area contributed by atoms with E-state index in [0.717, 1.165) is 17.8 Å². The molecule has 0 spiro atoms. The Morgan fingerprint density at radius 2 is 2.40 bits per heavy atom. The first kappa shape index (κ1) is 9.61. The van der Waals surface area contributed by atoms with Crippen molar-refractivity contribution in [1.29, 1.82) is 0 Å². The molecule has 6 heteroatoms. The zero-order valence-electron chi connectivity index (χ0n) is 8.54. The summed E-state index contributed by atoms with van der Waals surface area (Å²) in [5, 5.41) is 7.88. The highest BCUT2D eigenvalue weighted by Gasteiger charge is 2.03. The van der Waals surface area contributed by atoms with Gasteiger partial charge in [0.15, 0.2) is 0 Å². The van der Waals surface area contributed by atoms with Crippen molar-refractivity contribution < 1.29 is 0 Å². The fourth-order valence-corrected chi connectivity index (χ4v) is 1.54. The van der Waals surface area contributed by atoms with Crippen molar-refractivity contribution >= 4 is 5.65 Å². The molecule has 2 heterocycles. The molecule has 0 saturated carbocycles. The van der Waals surface area contributed by atoms with Crippen LogP contribution in [0.3, 0.4) is 0 Å². The number of rotatable bonds is 4. The third-order valence-corrected chi connectivity index (χ3v) is 2.32. The molecule has 6 nitrogen and oxygen atoms in total. The van der Waals surface area contributed by atoms with E-state index in [4.69, 9.17) is 5.53 Å². The monoisotopic (exact) mass is 204 g/mol. The van der Waals surface area contributed by atoms with E-state index < -0.39 is 0 Å². The molecule has 78 valence electrons.